The van der Waals surface area contributed by atoms with E-state index in [1.807, 2.05) is 12.4 Å². The molecule has 2 rings (SSSR count). The second-order valence-electron chi connectivity index (χ2n) is 5.33. The second-order valence-corrected chi connectivity index (χ2v) is 5.33. The smallest absolute Gasteiger partial charge is 0.203 e. The van der Waals surface area contributed by atoms with Gasteiger partial charge in [0.25, 0.3) is 0 Å². The fourth-order valence-electron chi connectivity index (χ4n) is 2.62. The Morgan fingerprint density at radius 1 is 1.53 bits per heavy atom. The molecule has 1 saturated carbocycles. The molecule has 0 bridgehead atoms. The second kappa shape index (κ2) is 5.08. The summed E-state index contributed by atoms with van der Waals surface area (Å²) >= 11 is 0. The Morgan fingerprint density at radius 3 is 2.82 bits per heavy atom. The van der Waals surface area contributed by atoms with Gasteiger partial charge < -0.3 is 15.6 Å². The third-order valence-electron chi connectivity index (χ3n) is 4.06. The summed E-state index contributed by atoms with van der Waals surface area (Å²) in [6.07, 6.45) is 8.69. The van der Waals surface area contributed by atoms with Gasteiger partial charge in [-0.3, -0.25) is 0 Å². The van der Waals surface area contributed by atoms with E-state index in [1.54, 1.807) is 0 Å². The van der Waals surface area contributed by atoms with Crippen molar-refractivity contribution < 1.29 is 0 Å². The molecule has 1 aliphatic rings. The molecule has 0 amide bonds. The number of hydrogen-bond acceptors (Lipinski definition) is 3. The molecule has 1 heterocycles. The van der Waals surface area contributed by atoms with E-state index in [0.717, 1.165) is 31.3 Å². The minimum atomic E-state index is 0.0603. The van der Waals surface area contributed by atoms with Gasteiger partial charge >= 0.3 is 0 Å². The highest BCUT2D eigenvalue weighted by atomic mass is 15.2. The van der Waals surface area contributed by atoms with Crippen molar-refractivity contribution in [2.45, 2.75) is 51.6 Å². The van der Waals surface area contributed by atoms with Crippen molar-refractivity contribution in [1.29, 1.82) is 0 Å². The predicted molar refractivity (Wildman–Crippen MR) is 70.9 cm³/mol. The fraction of sp³-hybridized carbons (Fsp3) is 0.769. The van der Waals surface area contributed by atoms with Gasteiger partial charge in [0.2, 0.25) is 5.95 Å². The largest absolute Gasteiger partial charge is 0.349 e. The predicted octanol–water partition coefficient (Wildman–Crippen LogP) is 2.22. The molecule has 0 radical (unpaired) electrons. The maximum Gasteiger partial charge on any atom is 0.203 e. The monoisotopic (exact) mass is 236 g/mol. The first-order chi connectivity index (χ1) is 8.19. The van der Waals surface area contributed by atoms with E-state index in [2.05, 4.69) is 28.7 Å². The van der Waals surface area contributed by atoms with Gasteiger partial charge in [-0.1, -0.05) is 6.92 Å². The minimum Gasteiger partial charge on any atom is -0.349 e. The van der Waals surface area contributed by atoms with E-state index < -0.39 is 0 Å². The summed E-state index contributed by atoms with van der Waals surface area (Å²) in [4.78, 5) is 4.39. The summed E-state index contributed by atoms with van der Waals surface area (Å²) in [6.45, 7) is 6.09. The maximum absolute atomic E-state index is 5.99. The first-order valence-electron chi connectivity index (χ1n) is 6.68. The highest BCUT2D eigenvalue weighted by molar-refractivity contribution is 5.31. The van der Waals surface area contributed by atoms with Crippen molar-refractivity contribution in [1.82, 2.24) is 9.55 Å². The SMILES string of the molecule is CCn1ccnc1NC1(CN)CCC(C)CC1. The summed E-state index contributed by atoms with van der Waals surface area (Å²) in [5.41, 5.74) is 6.05. The lowest BCUT2D eigenvalue weighted by atomic mass is 9.77. The van der Waals surface area contributed by atoms with Crippen LogP contribution in [0.15, 0.2) is 12.4 Å². The number of nitrogens with zero attached hydrogens (tertiary/aromatic N) is 2. The lowest BCUT2D eigenvalue weighted by Gasteiger charge is -2.39. The number of hydrogen-bond donors (Lipinski definition) is 2. The quantitative estimate of drug-likeness (QED) is 0.843. The molecule has 1 aromatic heterocycles. The molecule has 17 heavy (non-hydrogen) atoms. The highest BCUT2D eigenvalue weighted by Crippen LogP contribution is 2.33. The summed E-state index contributed by atoms with van der Waals surface area (Å²) in [5.74, 6) is 1.80. The average molecular weight is 236 g/mol. The van der Waals surface area contributed by atoms with Crippen molar-refractivity contribution in [3.8, 4) is 0 Å². The van der Waals surface area contributed by atoms with E-state index >= 15 is 0 Å². The Kier molecular flexibility index (Phi) is 3.72. The topological polar surface area (TPSA) is 55.9 Å². The molecule has 4 nitrogen and oxygen atoms in total. The van der Waals surface area contributed by atoms with Gasteiger partial charge in [0, 0.05) is 25.5 Å². The zero-order valence-corrected chi connectivity index (χ0v) is 10.9. The Morgan fingerprint density at radius 2 is 2.24 bits per heavy atom. The zero-order chi connectivity index (χ0) is 12.3. The van der Waals surface area contributed by atoms with Gasteiger partial charge in [0.05, 0.1) is 5.54 Å². The lowest BCUT2D eigenvalue weighted by molar-refractivity contribution is 0.270. The van der Waals surface area contributed by atoms with Gasteiger partial charge in [-0.25, -0.2) is 4.98 Å². The number of nitrogens with two attached hydrogens (primary N) is 1. The van der Waals surface area contributed by atoms with Crippen LogP contribution in [0.4, 0.5) is 5.95 Å². The van der Waals surface area contributed by atoms with Crippen molar-refractivity contribution in [2.75, 3.05) is 11.9 Å². The van der Waals surface area contributed by atoms with Crippen molar-refractivity contribution >= 4 is 5.95 Å². The lowest BCUT2D eigenvalue weighted by Crippen LogP contribution is -2.48. The molecule has 1 fully saturated rings. The molecule has 1 aliphatic carbocycles. The normalized spacial score (nSPS) is 29.2. The standard InChI is InChI=1S/C13H24N4/c1-3-17-9-8-15-12(17)16-13(10-14)6-4-11(2)5-7-13/h8-9,11H,3-7,10,14H2,1-2H3,(H,15,16). The number of rotatable bonds is 4. The molecule has 0 spiro atoms. The number of imidazole rings is 1. The molecule has 0 unspecified atom stereocenters. The molecule has 0 saturated heterocycles. The molecule has 96 valence electrons. The van der Waals surface area contributed by atoms with Gasteiger partial charge in [-0.2, -0.15) is 0 Å². The minimum absolute atomic E-state index is 0.0603. The summed E-state index contributed by atoms with van der Waals surface area (Å²) in [5, 5.41) is 3.59. The van der Waals surface area contributed by atoms with E-state index in [4.69, 9.17) is 5.73 Å². The van der Waals surface area contributed by atoms with Crippen LogP contribution in [0.5, 0.6) is 0 Å². The molecular weight excluding hydrogens is 212 g/mol. The van der Waals surface area contributed by atoms with Crippen LogP contribution in [-0.2, 0) is 6.54 Å². The van der Waals surface area contributed by atoms with Gasteiger partial charge in [0.15, 0.2) is 0 Å². The van der Waals surface area contributed by atoms with Gasteiger partial charge in [-0.15, -0.1) is 0 Å². The third kappa shape index (κ3) is 2.63. The Balaban J connectivity index is 2.09. The number of anilines is 1. The van der Waals surface area contributed by atoms with Crippen LogP contribution in [-0.4, -0.2) is 21.6 Å². The number of aromatic nitrogens is 2. The van der Waals surface area contributed by atoms with Crippen molar-refractivity contribution in [3.05, 3.63) is 12.4 Å². The van der Waals surface area contributed by atoms with Crippen LogP contribution in [0.1, 0.15) is 39.5 Å². The van der Waals surface area contributed by atoms with E-state index in [9.17, 15) is 0 Å². The molecule has 3 N–H and O–H groups in total. The van der Waals surface area contributed by atoms with Gasteiger partial charge in [0.1, 0.15) is 0 Å². The average Bonchev–Trinajstić information content (AvgIpc) is 2.79. The first kappa shape index (κ1) is 12.4. The van der Waals surface area contributed by atoms with Crippen LogP contribution in [0.25, 0.3) is 0 Å². The summed E-state index contributed by atoms with van der Waals surface area (Å²) in [6, 6.07) is 0. The van der Waals surface area contributed by atoms with E-state index in [1.165, 1.54) is 12.8 Å². The van der Waals surface area contributed by atoms with Gasteiger partial charge in [-0.05, 0) is 38.5 Å². The van der Waals surface area contributed by atoms with Crippen LogP contribution in [0.2, 0.25) is 0 Å². The molecule has 0 aliphatic heterocycles. The molecule has 0 atom stereocenters. The zero-order valence-electron chi connectivity index (χ0n) is 10.9. The number of nitrogens with one attached hydrogen (secondary N) is 1. The Hall–Kier alpha value is -1.03. The molecule has 1 aromatic rings. The van der Waals surface area contributed by atoms with E-state index in [0.29, 0.717) is 6.54 Å². The molecular formula is C13H24N4. The summed E-state index contributed by atoms with van der Waals surface area (Å²) in [7, 11) is 0. The number of aryl methyl sites for hydroxylation is 1. The first-order valence-corrected chi connectivity index (χ1v) is 6.68. The fourth-order valence-corrected chi connectivity index (χ4v) is 2.62. The Labute approximate surface area is 104 Å². The van der Waals surface area contributed by atoms with Crippen LogP contribution in [0, 0.1) is 5.92 Å². The maximum atomic E-state index is 5.99. The van der Waals surface area contributed by atoms with Crippen molar-refractivity contribution in [3.63, 3.8) is 0 Å². The highest BCUT2D eigenvalue weighted by Gasteiger charge is 2.33. The summed E-state index contributed by atoms with van der Waals surface area (Å²) < 4.78 is 2.13. The van der Waals surface area contributed by atoms with Crippen LogP contribution < -0.4 is 11.1 Å². The Bertz CT molecular complexity index is 350. The van der Waals surface area contributed by atoms with Crippen LogP contribution in [0.3, 0.4) is 0 Å². The molecule has 0 aromatic carbocycles. The third-order valence-corrected chi connectivity index (χ3v) is 4.06. The van der Waals surface area contributed by atoms with Crippen molar-refractivity contribution in [2.24, 2.45) is 11.7 Å². The van der Waals surface area contributed by atoms with Crippen LogP contribution >= 0.6 is 0 Å². The molecule has 4 heteroatoms. The van der Waals surface area contributed by atoms with E-state index in [-0.39, 0.29) is 5.54 Å².